The average molecular weight is 366 g/mol. The Balaban J connectivity index is 1.83. The molecule has 4 heterocycles. The van der Waals surface area contributed by atoms with E-state index in [0.29, 0.717) is 24.1 Å². The van der Waals surface area contributed by atoms with E-state index in [9.17, 15) is 9.59 Å². The van der Waals surface area contributed by atoms with Crippen LogP contribution in [-0.4, -0.2) is 26.6 Å². The van der Waals surface area contributed by atoms with Gasteiger partial charge in [0, 0.05) is 30.6 Å². The molecule has 0 saturated heterocycles. The first-order chi connectivity index (χ1) is 12.6. The molecule has 4 rings (SSSR count). The summed E-state index contributed by atoms with van der Waals surface area (Å²) in [5.41, 5.74) is 2.94. The molecule has 0 bridgehead atoms. The number of hydrogen-bond acceptors (Lipinski definition) is 5. The molecule has 0 fully saturated rings. The highest BCUT2D eigenvalue weighted by molar-refractivity contribution is 7.16. The lowest BCUT2D eigenvalue weighted by atomic mass is 9.96. The first-order valence-electron chi connectivity index (χ1n) is 8.50. The van der Waals surface area contributed by atoms with Gasteiger partial charge in [-0.2, -0.15) is 5.10 Å². The Hall–Kier alpha value is -2.80. The van der Waals surface area contributed by atoms with Crippen LogP contribution < -0.4 is 5.56 Å². The van der Waals surface area contributed by atoms with Crippen molar-refractivity contribution in [1.29, 1.82) is 0 Å². The normalized spacial score (nSPS) is 16.9. The van der Waals surface area contributed by atoms with Gasteiger partial charge in [-0.05, 0) is 41.6 Å². The molecular weight excluding hydrogens is 348 g/mol. The average Bonchev–Trinajstić information content (AvgIpc) is 3.29. The Morgan fingerprint density at radius 3 is 2.85 bits per heavy atom. The lowest BCUT2D eigenvalue weighted by Gasteiger charge is -2.21. The number of hydrazone groups is 1. The second-order valence-corrected chi connectivity index (χ2v) is 7.17. The van der Waals surface area contributed by atoms with Crippen molar-refractivity contribution in [2.24, 2.45) is 5.10 Å². The van der Waals surface area contributed by atoms with Gasteiger partial charge >= 0.3 is 0 Å². The third kappa shape index (κ3) is 2.64. The van der Waals surface area contributed by atoms with Crippen molar-refractivity contribution in [2.45, 2.75) is 32.7 Å². The molecule has 1 amide bonds. The summed E-state index contributed by atoms with van der Waals surface area (Å²) in [7, 11) is 0. The molecule has 1 aliphatic rings. The number of amides is 1. The van der Waals surface area contributed by atoms with Crippen LogP contribution in [0.15, 0.2) is 45.9 Å². The summed E-state index contributed by atoms with van der Waals surface area (Å²) in [6, 6.07) is 5.56. The van der Waals surface area contributed by atoms with Crippen LogP contribution in [0.5, 0.6) is 0 Å². The summed E-state index contributed by atoms with van der Waals surface area (Å²) >= 11 is 1.51. The number of nitrogens with one attached hydrogen (secondary N) is 1. The summed E-state index contributed by atoms with van der Waals surface area (Å²) in [5.74, 6) is -0.0625. The van der Waals surface area contributed by atoms with Crippen molar-refractivity contribution in [2.75, 3.05) is 0 Å². The lowest BCUT2D eigenvalue weighted by Crippen LogP contribution is -2.26. The van der Waals surface area contributed by atoms with Gasteiger partial charge in [-0.3, -0.25) is 14.6 Å². The van der Waals surface area contributed by atoms with Gasteiger partial charge in [-0.15, -0.1) is 11.3 Å². The number of hydrogen-bond donors (Lipinski definition) is 1. The van der Waals surface area contributed by atoms with Crippen molar-refractivity contribution in [3.63, 3.8) is 0 Å². The van der Waals surface area contributed by atoms with E-state index in [4.69, 9.17) is 0 Å². The van der Waals surface area contributed by atoms with Crippen molar-refractivity contribution < 1.29 is 4.79 Å². The maximum Gasteiger partial charge on any atom is 0.258 e. The summed E-state index contributed by atoms with van der Waals surface area (Å²) < 4.78 is 0. The van der Waals surface area contributed by atoms with Crippen molar-refractivity contribution in [3.8, 4) is 0 Å². The summed E-state index contributed by atoms with van der Waals surface area (Å²) in [5, 5.41) is 9.06. The highest BCUT2D eigenvalue weighted by atomic mass is 32.1. The minimum absolute atomic E-state index is 0.0625. The molecule has 0 spiro atoms. The molecule has 0 aliphatic carbocycles. The maximum atomic E-state index is 12.7. The zero-order valence-corrected chi connectivity index (χ0v) is 15.3. The number of H-pyrrole nitrogens is 1. The van der Waals surface area contributed by atoms with Gasteiger partial charge in [0.25, 0.3) is 5.56 Å². The van der Waals surface area contributed by atoms with E-state index in [2.05, 4.69) is 15.1 Å². The Kier molecular flexibility index (Phi) is 4.16. The molecule has 3 aromatic heterocycles. The van der Waals surface area contributed by atoms with Gasteiger partial charge in [0.1, 0.15) is 4.83 Å². The van der Waals surface area contributed by atoms with Gasteiger partial charge in [0.15, 0.2) is 0 Å². The zero-order valence-electron chi connectivity index (χ0n) is 14.5. The van der Waals surface area contributed by atoms with Crippen LogP contribution in [0.1, 0.15) is 42.5 Å². The molecular formula is C19H18N4O2S. The standard InChI is InChI=1S/C19H18N4O2S/c1-3-16(24)23-15(12-4-7-20-8-5-12)10-14(22-23)17-11(2)13-6-9-26-19(13)21-18(17)25/h4-9,15H,3,10H2,1-2H3,(H,21,25). The monoisotopic (exact) mass is 366 g/mol. The highest BCUT2D eigenvalue weighted by Gasteiger charge is 2.34. The number of aryl methyl sites for hydroxylation is 1. The SMILES string of the molecule is CCC(=O)N1N=C(c2c(C)c3ccsc3[nH]c2=O)CC1c1ccncc1. The fourth-order valence-corrected chi connectivity index (χ4v) is 4.26. The topological polar surface area (TPSA) is 78.4 Å². The molecule has 1 unspecified atom stereocenters. The number of aromatic amines is 1. The number of aromatic nitrogens is 2. The minimum atomic E-state index is -0.211. The van der Waals surface area contributed by atoms with Gasteiger partial charge < -0.3 is 4.98 Å². The number of rotatable bonds is 3. The minimum Gasteiger partial charge on any atom is -0.313 e. The van der Waals surface area contributed by atoms with Crippen LogP contribution in [0.3, 0.4) is 0 Å². The summed E-state index contributed by atoms with van der Waals surface area (Å²) in [6.07, 6.45) is 4.28. The van der Waals surface area contributed by atoms with Crippen LogP contribution in [0.4, 0.5) is 0 Å². The molecule has 26 heavy (non-hydrogen) atoms. The number of fused-ring (bicyclic) bond motifs is 1. The predicted molar refractivity (Wildman–Crippen MR) is 102 cm³/mol. The van der Waals surface area contributed by atoms with Crippen LogP contribution in [0, 0.1) is 6.92 Å². The third-order valence-electron chi connectivity index (χ3n) is 4.75. The molecule has 0 saturated carbocycles. The molecule has 0 radical (unpaired) electrons. The van der Waals surface area contributed by atoms with Gasteiger partial charge in [-0.1, -0.05) is 6.92 Å². The molecule has 1 aliphatic heterocycles. The fourth-order valence-electron chi connectivity index (χ4n) is 3.42. The number of carbonyl (C=O) groups excluding carboxylic acids is 1. The van der Waals surface area contributed by atoms with Crippen molar-refractivity contribution >= 4 is 33.2 Å². The first-order valence-corrected chi connectivity index (χ1v) is 9.38. The number of pyridine rings is 2. The fraction of sp³-hybridized carbons (Fsp3) is 0.263. The smallest absolute Gasteiger partial charge is 0.258 e. The highest BCUT2D eigenvalue weighted by Crippen LogP contribution is 2.34. The summed E-state index contributed by atoms with van der Waals surface area (Å²) in [6.45, 7) is 3.75. The van der Waals surface area contributed by atoms with Gasteiger partial charge in [-0.25, -0.2) is 5.01 Å². The van der Waals surface area contributed by atoms with E-state index in [1.165, 1.54) is 16.3 Å². The third-order valence-corrected chi connectivity index (χ3v) is 5.58. The second-order valence-electron chi connectivity index (χ2n) is 6.26. The van der Waals surface area contributed by atoms with Crippen LogP contribution in [0.2, 0.25) is 0 Å². The molecule has 7 heteroatoms. The lowest BCUT2D eigenvalue weighted by molar-refractivity contribution is -0.132. The molecule has 3 aromatic rings. The Bertz CT molecular complexity index is 1070. The van der Waals surface area contributed by atoms with Gasteiger partial charge in [0.2, 0.25) is 5.91 Å². The quantitative estimate of drug-likeness (QED) is 0.772. The molecule has 6 nitrogen and oxygen atoms in total. The molecule has 132 valence electrons. The predicted octanol–water partition coefficient (Wildman–Crippen LogP) is 3.38. The van der Waals surface area contributed by atoms with Crippen molar-refractivity contribution in [3.05, 3.63) is 63.0 Å². The molecule has 0 aromatic carbocycles. The largest absolute Gasteiger partial charge is 0.313 e. The van der Waals surface area contributed by atoms with Crippen LogP contribution in [-0.2, 0) is 4.79 Å². The van der Waals surface area contributed by atoms with E-state index in [-0.39, 0.29) is 17.5 Å². The first kappa shape index (κ1) is 16.7. The van der Waals surface area contributed by atoms with Gasteiger partial charge in [0.05, 0.1) is 17.3 Å². The Morgan fingerprint density at radius 2 is 2.12 bits per heavy atom. The van der Waals surface area contributed by atoms with Crippen LogP contribution >= 0.6 is 11.3 Å². The number of carbonyl (C=O) groups is 1. The number of thiophene rings is 1. The summed E-state index contributed by atoms with van der Waals surface area (Å²) in [4.78, 5) is 33.0. The zero-order chi connectivity index (χ0) is 18.3. The Morgan fingerprint density at radius 1 is 1.35 bits per heavy atom. The molecule has 1 N–H and O–H groups in total. The van der Waals surface area contributed by atoms with E-state index in [1.54, 1.807) is 12.4 Å². The maximum absolute atomic E-state index is 12.7. The van der Waals surface area contributed by atoms with E-state index in [1.807, 2.05) is 37.4 Å². The van der Waals surface area contributed by atoms with Crippen LogP contribution in [0.25, 0.3) is 10.2 Å². The van der Waals surface area contributed by atoms with E-state index in [0.717, 1.165) is 21.3 Å². The van der Waals surface area contributed by atoms with E-state index >= 15 is 0 Å². The second kappa shape index (κ2) is 6.49. The molecule has 1 atom stereocenters. The Labute approximate surface area is 154 Å². The van der Waals surface area contributed by atoms with Crippen molar-refractivity contribution in [1.82, 2.24) is 15.0 Å². The number of nitrogens with zero attached hydrogens (tertiary/aromatic N) is 3. The van der Waals surface area contributed by atoms with E-state index < -0.39 is 0 Å².